The number of carbonyl (C=O) groups excluding carboxylic acids is 1. The molecule has 0 atom stereocenters. The molecule has 0 fully saturated rings. The van der Waals surface area contributed by atoms with Gasteiger partial charge in [0.2, 0.25) is 0 Å². The molecule has 1 amide bonds. The molecular formula is C17H18ClNO3S. The molecule has 2 rings (SSSR count). The summed E-state index contributed by atoms with van der Waals surface area (Å²) in [5.74, 6) is -0.306. The molecule has 0 saturated carbocycles. The van der Waals surface area contributed by atoms with Crippen molar-refractivity contribution in [1.82, 2.24) is 5.32 Å². The number of benzene rings is 2. The fourth-order valence-electron chi connectivity index (χ4n) is 2.17. The molecule has 0 aromatic heterocycles. The van der Waals surface area contributed by atoms with Crippen LogP contribution in [0.15, 0.2) is 53.4 Å². The monoisotopic (exact) mass is 351 g/mol. The number of nitrogens with one attached hydrogen (secondary N) is 1. The second kappa shape index (κ2) is 7.62. The van der Waals surface area contributed by atoms with Crippen LogP contribution in [-0.4, -0.2) is 27.1 Å². The quantitative estimate of drug-likeness (QED) is 0.813. The molecule has 6 heteroatoms. The lowest BCUT2D eigenvalue weighted by atomic mass is 10.1. The molecule has 0 heterocycles. The van der Waals surface area contributed by atoms with E-state index in [1.165, 1.54) is 23.8 Å². The van der Waals surface area contributed by atoms with Crippen LogP contribution in [-0.2, 0) is 16.3 Å². The smallest absolute Gasteiger partial charge is 0.251 e. The first kappa shape index (κ1) is 17.5. The molecule has 1 N–H and O–H groups in total. The predicted molar refractivity (Wildman–Crippen MR) is 91.7 cm³/mol. The summed E-state index contributed by atoms with van der Waals surface area (Å²) >= 11 is 5.87. The van der Waals surface area contributed by atoms with Gasteiger partial charge in [-0.25, -0.2) is 8.42 Å². The summed E-state index contributed by atoms with van der Waals surface area (Å²) in [5.41, 5.74) is 1.50. The lowest BCUT2D eigenvalue weighted by Crippen LogP contribution is -2.25. The van der Waals surface area contributed by atoms with E-state index in [9.17, 15) is 13.2 Å². The highest BCUT2D eigenvalue weighted by molar-refractivity contribution is 7.90. The van der Waals surface area contributed by atoms with Crippen LogP contribution in [0.25, 0.3) is 0 Å². The van der Waals surface area contributed by atoms with Crippen molar-refractivity contribution in [1.29, 1.82) is 0 Å². The maximum absolute atomic E-state index is 12.1. The van der Waals surface area contributed by atoms with E-state index in [1.54, 1.807) is 0 Å². The van der Waals surface area contributed by atoms with E-state index in [0.717, 1.165) is 19.1 Å². The Morgan fingerprint density at radius 1 is 1.13 bits per heavy atom. The van der Waals surface area contributed by atoms with Crippen molar-refractivity contribution >= 4 is 27.3 Å². The van der Waals surface area contributed by atoms with Gasteiger partial charge in [-0.1, -0.05) is 41.9 Å². The molecular weight excluding hydrogens is 334 g/mol. The number of hydrogen-bond donors (Lipinski definition) is 1. The van der Waals surface area contributed by atoms with Gasteiger partial charge in [-0.2, -0.15) is 0 Å². The number of rotatable bonds is 6. The van der Waals surface area contributed by atoms with Gasteiger partial charge in [-0.15, -0.1) is 0 Å². The summed E-state index contributed by atoms with van der Waals surface area (Å²) in [7, 11) is -3.46. The van der Waals surface area contributed by atoms with Crippen LogP contribution in [0.2, 0.25) is 5.02 Å². The standard InChI is InChI=1S/C17H18ClNO3S/c1-23(21,22)16-12-14(9-10-15(16)18)17(20)19-11-5-8-13-6-3-2-4-7-13/h2-4,6-7,9-10,12H,5,8,11H2,1H3,(H,19,20). The maximum Gasteiger partial charge on any atom is 0.251 e. The van der Waals surface area contributed by atoms with Gasteiger partial charge in [0.15, 0.2) is 9.84 Å². The Labute approximate surface area is 141 Å². The van der Waals surface area contributed by atoms with Gasteiger partial charge in [0.1, 0.15) is 0 Å². The van der Waals surface area contributed by atoms with Gasteiger partial charge < -0.3 is 5.32 Å². The van der Waals surface area contributed by atoms with Gasteiger partial charge in [-0.05, 0) is 36.6 Å². The second-order valence-electron chi connectivity index (χ2n) is 5.26. The van der Waals surface area contributed by atoms with Gasteiger partial charge in [0.05, 0.1) is 9.92 Å². The van der Waals surface area contributed by atoms with E-state index in [4.69, 9.17) is 11.6 Å². The van der Waals surface area contributed by atoms with Crippen molar-refractivity contribution in [2.24, 2.45) is 0 Å². The Bertz CT molecular complexity index is 789. The zero-order valence-electron chi connectivity index (χ0n) is 12.8. The van der Waals surface area contributed by atoms with Crippen molar-refractivity contribution in [2.75, 3.05) is 12.8 Å². The number of hydrogen-bond acceptors (Lipinski definition) is 3. The topological polar surface area (TPSA) is 63.2 Å². The van der Waals surface area contributed by atoms with E-state index in [2.05, 4.69) is 5.32 Å². The number of carbonyl (C=O) groups is 1. The molecule has 0 radical (unpaired) electrons. The van der Waals surface area contributed by atoms with E-state index in [-0.39, 0.29) is 21.4 Å². The Balaban J connectivity index is 1.94. The maximum atomic E-state index is 12.1. The SMILES string of the molecule is CS(=O)(=O)c1cc(C(=O)NCCCc2ccccc2)ccc1Cl. The Morgan fingerprint density at radius 3 is 2.48 bits per heavy atom. The zero-order chi connectivity index (χ0) is 16.9. The van der Waals surface area contributed by atoms with Crippen LogP contribution < -0.4 is 5.32 Å². The third-order valence-electron chi connectivity index (χ3n) is 3.36. The fourth-order valence-corrected chi connectivity index (χ4v) is 3.47. The minimum atomic E-state index is -3.46. The lowest BCUT2D eigenvalue weighted by Gasteiger charge is -2.08. The zero-order valence-corrected chi connectivity index (χ0v) is 14.3. The highest BCUT2D eigenvalue weighted by Gasteiger charge is 2.15. The molecule has 0 aliphatic carbocycles. The van der Waals surface area contributed by atoms with Crippen molar-refractivity contribution in [3.05, 3.63) is 64.7 Å². The third-order valence-corrected chi connectivity index (χ3v) is 4.94. The normalized spacial score (nSPS) is 11.2. The number of halogens is 1. The van der Waals surface area contributed by atoms with Crippen molar-refractivity contribution in [3.63, 3.8) is 0 Å². The van der Waals surface area contributed by atoms with Crippen LogP contribution in [0.4, 0.5) is 0 Å². The van der Waals surface area contributed by atoms with Crippen LogP contribution >= 0.6 is 11.6 Å². The summed E-state index contributed by atoms with van der Waals surface area (Å²) < 4.78 is 23.3. The third kappa shape index (κ3) is 5.08. The van der Waals surface area contributed by atoms with E-state index < -0.39 is 9.84 Å². The first-order chi connectivity index (χ1) is 10.9. The minimum absolute atomic E-state index is 0.0314. The van der Waals surface area contributed by atoms with Crippen molar-refractivity contribution < 1.29 is 13.2 Å². The van der Waals surface area contributed by atoms with E-state index >= 15 is 0 Å². The Hall–Kier alpha value is -1.85. The summed E-state index contributed by atoms with van der Waals surface area (Å²) in [5, 5.41) is 2.91. The van der Waals surface area contributed by atoms with E-state index in [1.807, 2.05) is 30.3 Å². The van der Waals surface area contributed by atoms with Crippen LogP contribution in [0.3, 0.4) is 0 Å². The predicted octanol–water partition coefficient (Wildman–Crippen LogP) is 3.11. The van der Waals surface area contributed by atoms with Gasteiger partial charge in [0, 0.05) is 18.4 Å². The van der Waals surface area contributed by atoms with Gasteiger partial charge >= 0.3 is 0 Å². The molecule has 0 saturated heterocycles. The average Bonchev–Trinajstić information content (AvgIpc) is 2.51. The number of aryl methyl sites for hydroxylation is 1. The van der Waals surface area contributed by atoms with E-state index in [0.29, 0.717) is 6.54 Å². The van der Waals surface area contributed by atoms with Crippen LogP contribution in [0.1, 0.15) is 22.3 Å². The first-order valence-corrected chi connectivity index (χ1v) is 9.46. The molecule has 2 aromatic carbocycles. The molecule has 2 aromatic rings. The fraction of sp³-hybridized carbons (Fsp3) is 0.235. The highest BCUT2D eigenvalue weighted by atomic mass is 35.5. The molecule has 0 aliphatic heterocycles. The molecule has 4 nitrogen and oxygen atoms in total. The van der Waals surface area contributed by atoms with Crippen molar-refractivity contribution in [2.45, 2.75) is 17.7 Å². The number of sulfone groups is 1. The lowest BCUT2D eigenvalue weighted by molar-refractivity contribution is 0.0953. The summed E-state index contributed by atoms with van der Waals surface area (Å²) in [6, 6.07) is 14.3. The van der Waals surface area contributed by atoms with Crippen LogP contribution in [0, 0.1) is 0 Å². The Morgan fingerprint density at radius 2 is 1.83 bits per heavy atom. The van der Waals surface area contributed by atoms with Crippen molar-refractivity contribution in [3.8, 4) is 0 Å². The van der Waals surface area contributed by atoms with Crippen LogP contribution in [0.5, 0.6) is 0 Å². The molecule has 0 bridgehead atoms. The number of amides is 1. The molecule has 23 heavy (non-hydrogen) atoms. The second-order valence-corrected chi connectivity index (χ2v) is 7.65. The summed E-state index contributed by atoms with van der Waals surface area (Å²) in [4.78, 5) is 12.1. The molecule has 0 unspecified atom stereocenters. The summed E-state index contributed by atoms with van der Waals surface area (Å²) in [6.45, 7) is 0.518. The first-order valence-electron chi connectivity index (χ1n) is 7.19. The largest absolute Gasteiger partial charge is 0.352 e. The summed E-state index contributed by atoms with van der Waals surface area (Å²) in [6.07, 6.45) is 2.74. The molecule has 122 valence electrons. The molecule has 0 aliphatic rings. The van der Waals surface area contributed by atoms with Gasteiger partial charge in [0.25, 0.3) is 5.91 Å². The minimum Gasteiger partial charge on any atom is -0.352 e. The Kier molecular flexibility index (Phi) is 5.80. The van der Waals surface area contributed by atoms with Gasteiger partial charge in [-0.3, -0.25) is 4.79 Å². The average molecular weight is 352 g/mol. The molecule has 0 spiro atoms. The highest BCUT2D eigenvalue weighted by Crippen LogP contribution is 2.22.